The van der Waals surface area contributed by atoms with Gasteiger partial charge >= 0.3 is 0 Å². The molecule has 0 amide bonds. The van der Waals surface area contributed by atoms with Crippen molar-refractivity contribution in [2.24, 2.45) is 7.05 Å². The van der Waals surface area contributed by atoms with Gasteiger partial charge < -0.3 is 19.6 Å². The van der Waals surface area contributed by atoms with Crippen molar-refractivity contribution in [3.63, 3.8) is 0 Å². The van der Waals surface area contributed by atoms with Crippen LogP contribution in [-0.2, 0) is 11.8 Å². The van der Waals surface area contributed by atoms with Gasteiger partial charge in [-0.25, -0.2) is 15.0 Å². The highest BCUT2D eigenvalue weighted by molar-refractivity contribution is 6.01. The van der Waals surface area contributed by atoms with Crippen LogP contribution in [-0.4, -0.2) is 60.5 Å². The predicted molar refractivity (Wildman–Crippen MR) is 124 cm³/mol. The smallest absolute Gasteiger partial charge is 0.163 e. The monoisotopic (exact) mass is 428 g/mol. The molecule has 0 saturated carbocycles. The summed E-state index contributed by atoms with van der Waals surface area (Å²) in [4.78, 5) is 23.7. The fourth-order valence-electron chi connectivity index (χ4n) is 4.63. The van der Waals surface area contributed by atoms with E-state index in [0.717, 1.165) is 56.9 Å². The second-order valence-electron chi connectivity index (χ2n) is 8.28. The minimum Gasteiger partial charge on any atom is -0.377 e. The Morgan fingerprint density at radius 1 is 1.16 bits per heavy atom. The molecule has 1 fully saturated rings. The van der Waals surface area contributed by atoms with E-state index in [1.165, 1.54) is 0 Å². The van der Waals surface area contributed by atoms with Gasteiger partial charge in [0.2, 0.25) is 0 Å². The third-order valence-corrected chi connectivity index (χ3v) is 6.23. The summed E-state index contributed by atoms with van der Waals surface area (Å²) in [6.07, 6.45) is 5.50. The van der Waals surface area contributed by atoms with Crippen molar-refractivity contribution in [2.45, 2.75) is 19.9 Å². The molecule has 1 aliphatic heterocycles. The molecule has 0 aliphatic carbocycles. The van der Waals surface area contributed by atoms with Gasteiger partial charge in [0, 0.05) is 54.4 Å². The number of nitrogens with zero attached hydrogens (tertiary/aromatic N) is 6. The van der Waals surface area contributed by atoms with Gasteiger partial charge in [-0.2, -0.15) is 5.10 Å². The Labute approximate surface area is 184 Å². The van der Waals surface area contributed by atoms with Crippen molar-refractivity contribution in [2.75, 3.05) is 24.7 Å². The number of fused-ring (bicyclic) bond motifs is 2. The van der Waals surface area contributed by atoms with Crippen LogP contribution in [0.4, 0.5) is 5.82 Å². The summed E-state index contributed by atoms with van der Waals surface area (Å²) < 4.78 is 7.57. The maximum Gasteiger partial charge on any atom is 0.163 e. The van der Waals surface area contributed by atoms with Crippen molar-refractivity contribution in [3.8, 4) is 22.6 Å². The fourth-order valence-corrected chi connectivity index (χ4v) is 4.63. The molecule has 1 atom stereocenters. The number of aromatic amines is 2. The predicted octanol–water partition coefficient (Wildman–Crippen LogP) is 3.44. The average Bonchev–Trinajstić information content (AvgIpc) is 3.51. The van der Waals surface area contributed by atoms with Crippen LogP contribution in [0, 0.1) is 6.92 Å². The zero-order valence-electron chi connectivity index (χ0n) is 18.3. The van der Waals surface area contributed by atoms with Gasteiger partial charge in [0.25, 0.3) is 0 Å². The van der Waals surface area contributed by atoms with E-state index in [4.69, 9.17) is 14.7 Å². The Bertz CT molecular complexity index is 1450. The lowest BCUT2D eigenvalue weighted by atomic mass is 10.1. The van der Waals surface area contributed by atoms with Gasteiger partial charge in [-0.3, -0.25) is 4.68 Å². The van der Waals surface area contributed by atoms with Gasteiger partial charge in [0.05, 0.1) is 24.9 Å². The van der Waals surface area contributed by atoms with Crippen LogP contribution >= 0.6 is 0 Å². The van der Waals surface area contributed by atoms with Gasteiger partial charge in [-0.15, -0.1) is 0 Å². The molecule has 6 heterocycles. The van der Waals surface area contributed by atoms with Crippen LogP contribution < -0.4 is 4.90 Å². The molecule has 1 aliphatic rings. The van der Waals surface area contributed by atoms with E-state index in [0.29, 0.717) is 19.0 Å². The summed E-state index contributed by atoms with van der Waals surface area (Å²) in [5.41, 5.74) is 6.71. The molecule has 0 bridgehead atoms. The molecule has 9 heteroatoms. The minimum atomic E-state index is 0.211. The lowest BCUT2D eigenvalue weighted by Gasteiger charge is -2.34. The summed E-state index contributed by atoms with van der Waals surface area (Å²) in [5.74, 6) is 1.58. The lowest BCUT2D eigenvalue weighted by Crippen LogP contribution is -2.44. The van der Waals surface area contributed by atoms with Crippen molar-refractivity contribution in [3.05, 3.63) is 42.5 Å². The van der Waals surface area contributed by atoms with Crippen LogP contribution in [0.3, 0.4) is 0 Å². The molecule has 0 radical (unpaired) electrons. The maximum absolute atomic E-state index is 5.69. The molecule has 6 rings (SSSR count). The van der Waals surface area contributed by atoms with Crippen molar-refractivity contribution in [1.29, 1.82) is 0 Å². The number of hydrogen-bond acceptors (Lipinski definition) is 6. The molecule has 162 valence electrons. The molecule has 0 unspecified atom stereocenters. The van der Waals surface area contributed by atoms with Crippen molar-refractivity contribution >= 4 is 27.9 Å². The Kier molecular flexibility index (Phi) is 4.25. The number of hydrogen-bond donors (Lipinski definition) is 2. The lowest BCUT2D eigenvalue weighted by molar-refractivity contribution is 0.0987. The third kappa shape index (κ3) is 2.81. The molecule has 1 saturated heterocycles. The largest absolute Gasteiger partial charge is 0.377 e. The molecule has 2 N–H and O–H groups in total. The molecule has 0 aromatic carbocycles. The zero-order chi connectivity index (χ0) is 21.8. The standard InChI is InChI=1S/C23H24N8O/c1-13-12-32-11-10-31(13)23-20-19(18(14(2)27-20)17-6-9-26-30(17)3)28-22(29-23)16-5-8-25-21-15(16)4-7-24-21/h4-9,13,27H,10-12H2,1-3H3,(H,24,25)/t13-/m1/s1. The number of anilines is 1. The summed E-state index contributed by atoms with van der Waals surface area (Å²) in [5, 5.41) is 5.38. The van der Waals surface area contributed by atoms with Gasteiger partial charge in [0.15, 0.2) is 11.6 Å². The highest BCUT2D eigenvalue weighted by Crippen LogP contribution is 2.37. The first-order valence-corrected chi connectivity index (χ1v) is 10.8. The number of ether oxygens (including phenoxy) is 1. The quantitative estimate of drug-likeness (QED) is 0.457. The molecular formula is C23H24N8O. The molecule has 5 aromatic heterocycles. The number of pyridine rings is 1. The highest BCUT2D eigenvalue weighted by Gasteiger charge is 2.27. The first-order chi connectivity index (χ1) is 15.6. The van der Waals surface area contributed by atoms with E-state index >= 15 is 0 Å². The number of aryl methyl sites for hydroxylation is 2. The van der Waals surface area contributed by atoms with E-state index in [-0.39, 0.29) is 6.04 Å². The zero-order valence-corrected chi connectivity index (χ0v) is 18.3. The molecule has 0 spiro atoms. The second-order valence-corrected chi connectivity index (χ2v) is 8.28. The third-order valence-electron chi connectivity index (χ3n) is 6.23. The first-order valence-electron chi connectivity index (χ1n) is 10.8. The van der Waals surface area contributed by atoms with Crippen LogP contribution in [0.5, 0.6) is 0 Å². The van der Waals surface area contributed by atoms with E-state index in [2.05, 4.69) is 38.8 Å². The van der Waals surface area contributed by atoms with Gasteiger partial charge in [-0.1, -0.05) is 0 Å². The van der Waals surface area contributed by atoms with E-state index in [9.17, 15) is 0 Å². The van der Waals surface area contributed by atoms with Crippen LogP contribution in [0.1, 0.15) is 12.6 Å². The summed E-state index contributed by atoms with van der Waals surface area (Å²) >= 11 is 0. The van der Waals surface area contributed by atoms with E-state index in [1.54, 1.807) is 6.20 Å². The summed E-state index contributed by atoms with van der Waals surface area (Å²) in [7, 11) is 1.95. The maximum atomic E-state index is 5.69. The van der Waals surface area contributed by atoms with E-state index < -0.39 is 0 Å². The average molecular weight is 429 g/mol. The van der Waals surface area contributed by atoms with Gasteiger partial charge in [-0.05, 0) is 32.0 Å². The normalized spacial score (nSPS) is 17.0. The summed E-state index contributed by atoms with van der Waals surface area (Å²) in [6, 6.07) is 6.23. The fraction of sp³-hybridized carbons (Fsp3) is 0.304. The number of H-pyrrole nitrogens is 2. The second kappa shape index (κ2) is 7.16. The Morgan fingerprint density at radius 2 is 2.06 bits per heavy atom. The van der Waals surface area contributed by atoms with Crippen molar-refractivity contribution in [1.82, 2.24) is 34.7 Å². The van der Waals surface area contributed by atoms with Gasteiger partial charge in [0.1, 0.15) is 16.7 Å². The Hall–Kier alpha value is -3.72. The Morgan fingerprint density at radius 3 is 2.88 bits per heavy atom. The molecule has 5 aromatic rings. The molecular weight excluding hydrogens is 404 g/mol. The summed E-state index contributed by atoms with van der Waals surface area (Å²) in [6.45, 7) is 6.37. The first kappa shape index (κ1) is 19.0. The number of rotatable bonds is 3. The molecule has 9 nitrogen and oxygen atoms in total. The topological polar surface area (TPSA) is 101 Å². The van der Waals surface area contributed by atoms with Crippen molar-refractivity contribution < 1.29 is 4.74 Å². The molecule has 32 heavy (non-hydrogen) atoms. The van der Waals surface area contributed by atoms with Crippen LogP contribution in [0.15, 0.2) is 36.8 Å². The number of morpholine rings is 1. The minimum absolute atomic E-state index is 0.211. The SMILES string of the molecule is Cc1[nH]c2c(N3CCOC[C@H]3C)nc(-c3ccnc4[nH]ccc34)nc2c1-c1ccnn1C. The van der Waals surface area contributed by atoms with E-state index in [1.807, 2.05) is 42.3 Å². The highest BCUT2D eigenvalue weighted by atomic mass is 16.5. The number of aromatic nitrogens is 7. The Balaban J connectivity index is 1.67. The number of nitrogens with one attached hydrogen (secondary N) is 2. The van der Waals surface area contributed by atoms with Crippen LogP contribution in [0.25, 0.3) is 44.7 Å². The van der Waals surface area contributed by atoms with Crippen LogP contribution in [0.2, 0.25) is 0 Å².